The van der Waals surface area contributed by atoms with Gasteiger partial charge in [-0.05, 0) is 54.7 Å². The Kier molecular flexibility index (Phi) is 8.14. The van der Waals surface area contributed by atoms with Crippen LogP contribution in [-0.2, 0) is 11.3 Å². The minimum atomic E-state index is -0.318. The van der Waals surface area contributed by atoms with E-state index in [1.165, 1.54) is 12.1 Å². The molecule has 0 spiro atoms. The maximum atomic E-state index is 13.4. The third-order valence-corrected chi connectivity index (χ3v) is 6.60. The molecule has 1 aliphatic rings. The molecule has 3 aromatic rings. The van der Waals surface area contributed by atoms with Crippen LogP contribution in [0.4, 0.5) is 10.1 Å². The van der Waals surface area contributed by atoms with E-state index >= 15 is 0 Å². The largest absolute Gasteiger partial charge is 0.371 e. The predicted molar refractivity (Wildman–Crippen MR) is 137 cm³/mol. The van der Waals surface area contributed by atoms with Crippen molar-refractivity contribution in [3.8, 4) is 0 Å². The summed E-state index contributed by atoms with van der Waals surface area (Å²) in [6.45, 7) is 3.80. The highest BCUT2D eigenvalue weighted by atomic mass is 19.1. The Labute approximate surface area is 206 Å². The van der Waals surface area contributed by atoms with Gasteiger partial charge in [-0.3, -0.25) is 9.59 Å². The number of anilines is 1. The predicted octanol–water partition coefficient (Wildman–Crippen LogP) is 5.03. The van der Waals surface area contributed by atoms with Crippen molar-refractivity contribution in [2.45, 2.75) is 44.7 Å². The summed E-state index contributed by atoms with van der Waals surface area (Å²) in [5.74, 6) is -0.568. The Hall–Kier alpha value is -3.67. The van der Waals surface area contributed by atoms with E-state index < -0.39 is 0 Å². The molecule has 1 saturated heterocycles. The first kappa shape index (κ1) is 24.5. The maximum absolute atomic E-state index is 13.4. The number of para-hydroxylation sites is 1. The minimum absolute atomic E-state index is 0.0780. The Morgan fingerprint density at radius 3 is 2.40 bits per heavy atom. The van der Waals surface area contributed by atoms with Crippen molar-refractivity contribution in [2.75, 3.05) is 18.0 Å². The van der Waals surface area contributed by atoms with Crippen molar-refractivity contribution in [3.63, 3.8) is 0 Å². The highest BCUT2D eigenvalue weighted by Gasteiger charge is 2.26. The van der Waals surface area contributed by atoms with E-state index in [0.29, 0.717) is 11.1 Å². The van der Waals surface area contributed by atoms with Gasteiger partial charge in [0.05, 0.1) is 11.5 Å². The fourth-order valence-corrected chi connectivity index (χ4v) is 4.69. The molecule has 1 aliphatic heterocycles. The molecular weight excluding hydrogens is 441 g/mol. The number of halogens is 1. The molecule has 182 valence electrons. The monoisotopic (exact) mass is 473 g/mol. The molecule has 5 nitrogen and oxygen atoms in total. The van der Waals surface area contributed by atoms with Gasteiger partial charge in [0.15, 0.2) is 0 Å². The molecule has 1 heterocycles. The lowest BCUT2D eigenvalue weighted by Crippen LogP contribution is -2.46. The van der Waals surface area contributed by atoms with E-state index in [9.17, 15) is 14.0 Å². The second kappa shape index (κ2) is 11.6. The number of carbonyl (C=O) groups is 2. The third-order valence-electron chi connectivity index (χ3n) is 6.60. The van der Waals surface area contributed by atoms with E-state index in [2.05, 4.69) is 15.5 Å². The van der Waals surface area contributed by atoms with Crippen LogP contribution in [0.15, 0.2) is 78.9 Å². The van der Waals surface area contributed by atoms with E-state index in [1.807, 2.05) is 61.5 Å². The van der Waals surface area contributed by atoms with Gasteiger partial charge >= 0.3 is 0 Å². The Morgan fingerprint density at radius 1 is 0.971 bits per heavy atom. The zero-order valence-electron chi connectivity index (χ0n) is 20.0. The molecule has 2 N–H and O–H groups in total. The molecular formula is C29H32FN3O2. The number of nitrogens with one attached hydrogen (secondary N) is 2. The molecule has 2 amide bonds. The molecule has 0 saturated carbocycles. The van der Waals surface area contributed by atoms with Crippen LogP contribution in [0, 0.1) is 5.82 Å². The summed E-state index contributed by atoms with van der Waals surface area (Å²) in [6, 6.07) is 23.8. The molecule has 6 heteroatoms. The second-order valence-electron chi connectivity index (χ2n) is 8.97. The molecule has 1 fully saturated rings. The molecule has 35 heavy (non-hydrogen) atoms. The maximum Gasteiger partial charge on any atom is 0.253 e. The lowest BCUT2D eigenvalue weighted by molar-refractivity contribution is -0.123. The lowest BCUT2D eigenvalue weighted by atomic mass is 9.94. The number of hydrogen-bond acceptors (Lipinski definition) is 3. The molecule has 0 bridgehead atoms. The lowest BCUT2D eigenvalue weighted by Gasteiger charge is -2.35. The SMILES string of the molecule is CCC(C(=O)NC1CCN(c2ccccc2C(=O)NCc2cccc(F)c2)CC1)c1ccccc1. The van der Waals surface area contributed by atoms with Gasteiger partial charge in [0, 0.05) is 31.4 Å². The Morgan fingerprint density at radius 2 is 1.69 bits per heavy atom. The summed E-state index contributed by atoms with van der Waals surface area (Å²) >= 11 is 0. The first-order valence-corrected chi connectivity index (χ1v) is 12.3. The van der Waals surface area contributed by atoms with Gasteiger partial charge in [-0.1, -0.05) is 61.5 Å². The van der Waals surface area contributed by atoms with Gasteiger partial charge in [-0.25, -0.2) is 4.39 Å². The second-order valence-corrected chi connectivity index (χ2v) is 8.97. The molecule has 3 aromatic carbocycles. The van der Waals surface area contributed by atoms with Crippen molar-refractivity contribution in [1.82, 2.24) is 10.6 Å². The minimum Gasteiger partial charge on any atom is -0.371 e. The van der Waals surface area contributed by atoms with E-state index in [4.69, 9.17) is 0 Å². The van der Waals surface area contributed by atoms with Gasteiger partial charge < -0.3 is 15.5 Å². The van der Waals surface area contributed by atoms with E-state index in [0.717, 1.165) is 43.6 Å². The Balaban J connectivity index is 1.34. The van der Waals surface area contributed by atoms with Gasteiger partial charge in [0.25, 0.3) is 5.91 Å². The van der Waals surface area contributed by atoms with Gasteiger partial charge in [-0.2, -0.15) is 0 Å². The van der Waals surface area contributed by atoms with Crippen LogP contribution in [0.5, 0.6) is 0 Å². The first-order chi connectivity index (χ1) is 17.0. The highest BCUT2D eigenvalue weighted by molar-refractivity contribution is 5.99. The standard InChI is InChI=1S/C29H32FN3O2/c1-2-25(22-10-4-3-5-11-22)29(35)32-24-15-17-33(18-16-24)27-14-7-6-13-26(27)28(34)31-20-21-9-8-12-23(30)19-21/h3-14,19,24-25H,2,15-18,20H2,1H3,(H,31,34)(H,32,35). The summed E-state index contributed by atoms with van der Waals surface area (Å²) < 4.78 is 13.4. The summed E-state index contributed by atoms with van der Waals surface area (Å²) in [5.41, 5.74) is 3.24. The number of hydrogen-bond donors (Lipinski definition) is 2. The van der Waals surface area contributed by atoms with Gasteiger partial charge in [-0.15, -0.1) is 0 Å². The van der Waals surface area contributed by atoms with Crippen molar-refractivity contribution < 1.29 is 14.0 Å². The zero-order valence-corrected chi connectivity index (χ0v) is 20.0. The van der Waals surface area contributed by atoms with Gasteiger partial charge in [0.1, 0.15) is 5.82 Å². The summed E-state index contributed by atoms with van der Waals surface area (Å²) in [7, 11) is 0. The number of amides is 2. The molecule has 0 aliphatic carbocycles. The third kappa shape index (κ3) is 6.27. The highest BCUT2D eigenvalue weighted by Crippen LogP contribution is 2.25. The summed E-state index contributed by atoms with van der Waals surface area (Å²) in [4.78, 5) is 28.1. The van der Waals surface area contributed by atoms with Crippen LogP contribution in [0.25, 0.3) is 0 Å². The van der Waals surface area contributed by atoms with Crippen molar-refractivity contribution in [2.24, 2.45) is 0 Å². The van der Waals surface area contributed by atoms with Crippen molar-refractivity contribution in [1.29, 1.82) is 0 Å². The fraction of sp³-hybridized carbons (Fsp3) is 0.310. The topological polar surface area (TPSA) is 61.4 Å². The average Bonchev–Trinajstić information content (AvgIpc) is 2.89. The Bertz CT molecular complexity index is 1140. The van der Waals surface area contributed by atoms with Crippen LogP contribution in [0.2, 0.25) is 0 Å². The van der Waals surface area contributed by atoms with Crippen LogP contribution >= 0.6 is 0 Å². The summed E-state index contributed by atoms with van der Waals surface area (Å²) in [6.07, 6.45) is 2.39. The molecule has 1 atom stereocenters. The van der Waals surface area contributed by atoms with Crippen molar-refractivity contribution >= 4 is 17.5 Å². The number of carbonyl (C=O) groups excluding carboxylic acids is 2. The normalized spacial score (nSPS) is 14.9. The molecule has 0 aromatic heterocycles. The first-order valence-electron chi connectivity index (χ1n) is 12.3. The quantitative estimate of drug-likeness (QED) is 0.482. The van der Waals surface area contributed by atoms with E-state index in [-0.39, 0.29) is 36.1 Å². The number of benzene rings is 3. The number of nitrogens with zero attached hydrogens (tertiary/aromatic N) is 1. The van der Waals surface area contributed by atoms with Crippen LogP contribution in [0.3, 0.4) is 0 Å². The smallest absolute Gasteiger partial charge is 0.253 e. The van der Waals surface area contributed by atoms with Crippen molar-refractivity contribution in [3.05, 3.63) is 101 Å². The molecule has 4 rings (SSSR count). The zero-order chi connectivity index (χ0) is 24.6. The van der Waals surface area contributed by atoms with E-state index in [1.54, 1.807) is 12.1 Å². The number of rotatable bonds is 8. The van der Waals surface area contributed by atoms with Crippen LogP contribution in [-0.4, -0.2) is 30.9 Å². The number of piperidine rings is 1. The average molecular weight is 474 g/mol. The van der Waals surface area contributed by atoms with Crippen LogP contribution < -0.4 is 15.5 Å². The van der Waals surface area contributed by atoms with Gasteiger partial charge in [0.2, 0.25) is 5.91 Å². The summed E-state index contributed by atoms with van der Waals surface area (Å²) in [5, 5.41) is 6.15. The molecule has 0 radical (unpaired) electrons. The fourth-order valence-electron chi connectivity index (χ4n) is 4.69. The van der Waals surface area contributed by atoms with Crippen LogP contribution in [0.1, 0.15) is 53.6 Å². The molecule has 1 unspecified atom stereocenters.